The minimum Gasteiger partial charge on any atom is -0.481 e. The lowest BCUT2D eigenvalue weighted by Gasteiger charge is -2.28. The summed E-state index contributed by atoms with van der Waals surface area (Å²) in [5.41, 5.74) is -0.137. The normalized spacial score (nSPS) is 39.9. The second-order valence-corrected chi connectivity index (χ2v) is 7.33. The zero-order chi connectivity index (χ0) is 11.3. The molecule has 0 aromatic carbocycles. The molecule has 4 nitrogen and oxygen atoms in total. The van der Waals surface area contributed by atoms with Crippen molar-refractivity contribution in [3.8, 4) is 0 Å². The summed E-state index contributed by atoms with van der Waals surface area (Å²) in [5.74, 6) is -0.226. The molecular formula is C10H16O4S. The van der Waals surface area contributed by atoms with Gasteiger partial charge in [0.25, 0.3) is 0 Å². The van der Waals surface area contributed by atoms with E-state index in [0.29, 0.717) is 19.3 Å². The van der Waals surface area contributed by atoms with Crippen LogP contribution < -0.4 is 0 Å². The van der Waals surface area contributed by atoms with E-state index in [-0.39, 0.29) is 28.8 Å². The second kappa shape index (κ2) is 3.20. The Balaban J connectivity index is 2.01. The van der Waals surface area contributed by atoms with Gasteiger partial charge < -0.3 is 5.11 Å². The molecule has 2 rings (SSSR count). The lowest BCUT2D eigenvalue weighted by Crippen LogP contribution is -2.29. The molecule has 1 saturated carbocycles. The van der Waals surface area contributed by atoms with Crippen LogP contribution in [0.1, 0.15) is 26.2 Å². The molecule has 2 aliphatic rings. The van der Waals surface area contributed by atoms with Crippen LogP contribution in [-0.2, 0) is 14.6 Å². The Morgan fingerprint density at radius 3 is 2.27 bits per heavy atom. The molecule has 0 spiro atoms. The Morgan fingerprint density at radius 2 is 1.87 bits per heavy atom. The summed E-state index contributed by atoms with van der Waals surface area (Å²) < 4.78 is 22.5. The first-order valence-corrected chi connectivity index (χ1v) is 7.10. The summed E-state index contributed by atoms with van der Waals surface area (Å²) >= 11 is 0. The van der Waals surface area contributed by atoms with E-state index in [1.54, 1.807) is 0 Å². The van der Waals surface area contributed by atoms with Crippen LogP contribution in [0.5, 0.6) is 0 Å². The number of rotatable bonds is 2. The summed E-state index contributed by atoms with van der Waals surface area (Å²) in [6, 6.07) is 0. The number of carboxylic acids is 1. The summed E-state index contributed by atoms with van der Waals surface area (Å²) in [6.45, 7) is 1.98. The van der Waals surface area contributed by atoms with E-state index >= 15 is 0 Å². The van der Waals surface area contributed by atoms with E-state index in [1.165, 1.54) is 0 Å². The zero-order valence-electron chi connectivity index (χ0n) is 8.77. The van der Waals surface area contributed by atoms with Crippen LogP contribution in [0.4, 0.5) is 0 Å². The lowest BCUT2D eigenvalue weighted by atomic mass is 9.84. The molecular weight excluding hydrogens is 216 g/mol. The molecule has 0 unspecified atom stereocenters. The Hall–Kier alpha value is -0.580. The first-order chi connectivity index (χ1) is 6.85. The van der Waals surface area contributed by atoms with E-state index in [0.717, 1.165) is 0 Å². The largest absolute Gasteiger partial charge is 0.481 e. The highest BCUT2D eigenvalue weighted by Gasteiger charge is 2.59. The summed E-state index contributed by atoms with van der Waals surface area (Å²) in [5, 5.41) is 8.90. The van der Waals surface area contributed by atoms with Crippen LogP contribution in [0.2, 0.25) is 0 Å². The van der Waals surface area contributed by atoms with Gasteiger partial charge in [-0.15, -0.1) is 0 Å². The van der Waals surface area contributed by atoms with Crippen LogP contribution in [-0.4, -0.2) is 31.0 Å². The maximum absolute atomic E-state index is 11.2. The van der Waals surface area contributed by atoms with Gasteiger partial charge in [-0.2, -0.15) is 0 Å². The van der Waals surface area contributed by atoms with E-state index < -0.39 is 15.8 Å². The Kier molecular flexibility index (Phi) is 2.33. The number of carbonyl (C=O) groups is 1. The summed E-state index contributed by atoms with van der Waals surface area (Å²) in [4.78, 5) is 10.8. The van der Waals surface area contributed by atoms with Gasteiger partial charge in [-0.1, -0.05) is 6.92 Å². The van der Waals surface area contributed by atoms with Gasteiger partial charge in [0.2, 0.25) is 0 Å². The van der Waals surface area contributed by atoms with Gasteiger partial charge in [-0.3, -0.25) is 4.79 Å². The highest BCUT2D eigenvalue weighted by molar-refractivity contribution is 7.91. The highest BCUT2D eigenvalue weighted by Crippen LogP contribution is 2.60. The maximum atomic E-state index is 11.2. The lowest BCUT2D eigenvalue weighted by molar-refractivity contribution is -0.139. The molecule has 1 heterocycles. The molecule has 1 saturated heterocycles. The fourth-order valence-corrected chi connectivity index (χ4v) is 4.24. The van der Waals surface area contributed by atoms with Crippen LogP contribution in [0, 0.1) is 17.3 Å². The molecule has 2 atom stereocenters. The smallest absolute Gasteiger partial charge is 0.307 e. The third-order valence-corrected chi connectivity index (χ3v) is 5.78. The van der Waals surface area contributed by atoms with Crippen LogP contribution in [0.15, 0.2) is 0 Å². The molecule has 15 heavy (non-hydrogen) atoms. The fraction of sp³-hybridized carbons (Fsp3) is 0.900. The number of aliphatic carboxylic acids is 1. The van der Waals surface area contributed by atoms with Gasteiger partial charge in [-0.25, -0.2) is 8.42 Å². The van der Waals surface area contributed by atoms with Gasteiger partial charge in [0.05, 0.1) is 17.4 Å². The van der Waals surface area contributed by atoms with Gasteiger partial charge in [0, 0.05) is 0 Å². The average molecular weight is 232 g/mol. The third kappa shape index (κ3) is 1.89. The van der Waals surface area contributed by atoms with Crippen molar-refractivity contribution in [1.29, 1.82) is 0 Å². The summed E-state index contributed by atoms with van der Waals surface area (Å²) in [6.07, 6.45) is 2.00. The van der Waals surface area contributed by atoms with Gasteiger partial charge >= 0.3 is 5.97 Å². The molecule has 1 aliphatic carbocycles. The minimum atomic E-state index is -2.83. The molecule has 0 radical (unpaired) electrons. The van der Waals surface area contributed by atoms with Crippen molar-refractivity contribution >= 4 is 15.8 Å². The van der Waals surface area contributed by atoms with Crippen molar-refractivity contribution < 1.29 is 18.3 Å². The average Bonchev–Trinajstić information content (AvgIpc) is 2.79. The van der Waals surface area contributed by atoms with Gasteiger partial charge in [0.1, 0.15) is 9.84 Å². The fourth-order valence-electron chi connectivity index (χ4n) is 2.75. The molecule has 1 aliphatic heterocycles. The Bertz CT molecular complexity index is 372. The quantitative estimate of drug-likeness (QED) is 0.768. The van der Waals surface area contributed by atoms with Crippen molar-refractivity contribution in [3.05, 3.63) is 0 Å². The SMILES string of the molecule is C[C@]1(C2CCS(=O)(=O)CC2)C[C@@H]1C(=O)O. The third-order valence-electron chi connectivity index (χ3n) is 4.07. The molecule has 0 bridgehead atoms. The number of hydrogen-bond acceptors (Lipinski definition) is 3. The van der Waals surface area contributed by atoms with Crippen molar-refractivity contribution in [2.24, 2.45) is 17.3 Å². The maximum Gasteiger partial charge on any atom is 0.307 e. The monoisotopic (exact) mass is 232 g/mol. The van der Waals surface area contributed by atoms with Crippen molar-refractivity contribution in [2.75, 3.05) is 11.5 Å². The highest BCUT2D eigenvalue weighted by atomic mass is 32.2. The van der Waals surface area contributed by atoms with Crippen molar-refractivity contribution in [3.63, 3.8) is 0 Å². The molecule has 0 aromatic rings. The van der Waals surface area contributed by atoms with E-state index in [9.17, 15) is 13.2 Å². The molecule has 5 heteroatoms. The predicted octanol–water partition coefficient (Wildman–Crippen LogP) is 0.922. The molecule has 0 aromatic heterocycles. The van der Waals surface area contributed by atoms with Crippen LogP contribution in [0.25, 0.3) is 0 Å². The van der Waals surface area contributed by atoms with Crippen LogP contribution >= 0.6 is 0 Å². The first-order valence-electron chi connectivity index (χ1n) is 5.28. The topological polar surface area (TPSA) is 71.4 Å². The van der Waals surface area contributed by atoms with Crippen molar-refractivity contribution in [2.45, 2.75) is 26.2 Å². The number of carboxylic acid groups (broad SMARTS) is 1. The van der Waals surface area contributed by atoms with Crippen molar-refractivity contribution in [1.82, 2.24) is 0 Å². The molecule has 86 valence electrons. The van der Waals surface area contributed by atoms with E-state index in [2.05, 4.69) is 0 Å². The van der Waals surface area contributed by atoms with Gasteiger partial charge in [0.15, 0.2) is 0 Å². The molecule has 1 N–H and O–H groups in total. The molecule has 2 fully saturated rings. The second-order valence-electron chi connectivity index (χ2n) is 5.03. The first kappa shape index (κ1) is 10.9. The molecule has 0 amide bonds. The van der Waals surface area contributed by atoms with Crippen LogP contribution in [0.3, 0.4) is 0 Å². The van der Waals surface area contributed by atoms with E-state index in [1.807, 2.05) is 6.92 Å². The van der Waals surface area contributed by atoms with Gasteiger partial charge in [-0.05, 0) is 30.6 Å². The number of hydrogen-bond donors (Lipinski definition) is 1. The number of sulfone groups is 1. The Morgan fingerprint density at radius 1 is 1.33 bits per heavy atom. The standard InChI is InChI=1S/C10H16O4S/c1-10(6-8(10)9(11)12)7-2-4-15(13,14)5-3-7/h7-8H,2-6H2,1H3,(H,11,12)/t8-,10-/m1/s1. The minimum absolute atomic E-state index is 0.137. The summed E-state index contributed by atoms with van der Waals surface area (Å²) in [7, 11) is -2.83. The predicted molar refractivity (Wildman–Crippen MR) is 55.2 cm³/mol. The Labute approximate surface area is 89.6 Å². The zero-order valence-corrected chi connectivity index (χ0v) is 9.59. The van der Waals surface area contributed by atoms with E-state index in [4.69, 9.17) is 5.11 Å².